The van der Waals surface area contributed by atoms with Gasteiger partial charge in [-0.1, -0.05) is 17.7 Å². The first-order chi connectivity index (χ1) is 7.29. The Morgan fingerprint density at radius 1 is 1.12 bits per heavy atom. The summed E-state index contributed by atoms with van der Waals surface area (Å²) in [5.41, 5.74) is 11.1. The molecule has 90 valence electrons. The minimum atomic E-state index is -0.00915. The van der Waals surface area contributed by atoms with Gasteiger partial charge in [-0.15, -0.1) is 0 Å². The van der Waals surface area contributed by atoms with Crippen molar-refractivity contribution >= 4 is 5.69 Å². The van der Waals surface area contributed by atoms with E-state index in [4.69, 9.17) is 5.73 Å². The Morgan fingerprint density at radius 2 is 1.56 bits per heavy atom. The van der Waals surface area contributed by atoms with Gasteiger partial charge in [-0.3, -0.25) is 0 Å². The van der Waals surface area contributed by atoms with Gasteiger partial charge < -0.3 is 10.6 Å². The fourth-order valence-electron chi connectivity index (χ4n) is 2.14. The summed E-state index contributed by atoms with van der Waals surface area (Å²) in [4.78, 5) is 2.29. The second kappa shape index (κ2) is 4.46. The van der Waals surface area contributed by atoms with Crippen LogP contribution in [0.1, 0.15) is 30.5 Å². The van der Waals surface area contributed by atoms with Crippen molar-refractivity contribution in [1.29, 1.82) is 0 Å². The zero-order valence-corrected chi connectivity index (χ0v) is 11.4. The van der Waals surface area contributed by atoms with Gasteiger partial charge in [-0.25, -0.2) is 0 Å². The van der Waals surface area contributed by atoms with Gasteiger partial charge in [0.2, 0.25) is 0 Å². The maximum Gasteiger partial charge on any atom is 0.0465 e. The molecule has 0 amide bonds. The fourth-order valence-corrected chi connectivity index (χ4v) is 2.14. The van der Waals surface area contributed by atoms with Crippen molar-refractivity contribution < 1.29 is 0 Å². The smallest absolute Gasteiger partial charge is 0.0465 e. The van der Waals surface area contributed by atoms with E-state index in [1.165, 1.54) is 22.4 Å². The van der Waals surface area contributed by atoms with Gasteiger partial charge >= 0.3 is 0 Å². The first-order valence-electron chi connectivity index (χ1n) is 5.81. The van der Waals surface area contributed by atoms with E-state index in [0.717, 1.165) is 0 Å². The number of nitrogens with two attached hydrogens (primary N) is 1. The van der Waals surface area contributed by atoms with Gasteiger partial charge in [0.25, 0.3) is 0 Å². The molecule has 0 atom stereocenters. The largest absolute Gasteiger partial charge is 0.368 e. The van der Waals surface area contributed by atoms with Crippen molar-refractivity contribution in [1.82, 2.24) is 0 Å². The van der Waals surface area contributed by atoms with Crippen LogP contribution >= 0.6 is 0 Å². The molecule has 0 bridgehead atoms. The monoisotopic (exact) mass is 220 g/mol. The highest BCUT2D eigenvalue weighted by molar-refractivity contribution is 5.61. The summed E-state index contributed by atoms with van der Waals surface area (Å²) in [5, 5.41) is 0. The van der Waals surface area contributed by atoms with Crippen LogP contribution in [0.4, 0.5) is 5.69 Å². The molecule has 1 aromatic carbocycles. The maximum atomic E-state index is 5.83. The minimum Gasteiger partial charge on any atom is -0.368 e. The van der Waals surface area contributed by atoms with E-state index in [9.17, 15) is 0 Å². The highest BCUT2D eigenvalue weighted by atomic mass is 15.2. The quantitative estimate of drug-likeness (QED) is 0.848. The molecule has 1 rings (SSSR count). The Hall–Kier alpha value is -1.02. The highest BCUT2D eigenvalue weighted by Crippen LogP contribution is 2.29. The third kappa shape index (κ3) is 2.38. The van der Waals surface area contributed by atoms with Crippen LogP contribution in [0.2, 0.25) is 0 Å². The summed E-state index contributed by atoms with van der Waals surface area (Å²) in [6.07, 6.45) is 0. The first-order valence-corrected chi connectivity index (χ1v) is 5.81. The molecule has 0 heterocycles. The van der Waals surface area contributed by atoms with E-state index < -0.39 is 0 Å². The maximum absolute atomic E-state index is 5.83. The number of aryl methyl sites for hydroxylation is 3. The van der Waals surface area contributed by atoms with E-state index in [-0.39, 0.29) is 5.54 Å². The predicted octanol–water partition coefficient (Wildman–Crippen LogP) is 2.79. The molecule has 2 nitrogen and oxygen atoms in total. The molecule has 0 aliphatic heterocycles. The van der Waals surface area contributed by atoms with Crippen LogP contribution in [-0.4, -0.2) is 19.1 Å². The third-order valence-corrected chi connectivity index (χ3v) is 3.38. The number of benzene rings is 1. The highest BCUT2D eigenvalue weighted by Gasteiger charge is 2.24. The van der Waals surface area contributed by atoms with Gasteiger partial charge in [0.1, 0.15) is 0 Å². The second-order valence-electron chi connectivity index (χ2n) is 5.32. The Kier molecular flexibility index (Phi) is 3.64. The van der Waals surface area contributed by atoms with E-state index in [2.05, 4.69) is 58.7 Å². The summed E-state index contributed by atoms with van der Waals surface area (Å²) >= 11 is 0. The van der Waals surface area contributed by atoms with Crippen LogP contribution in [0.3, 0.4) is 0 Å². The molecular weight excluding hydrogens is 196 g/mol. The predicted molar refractivity (Wildman–Crippen MR) is 72.2 cm³/mol. The van der Waals surface area contributed by atoms with Gasteiger partial charge in [0.05, 0.1) is 0 Å². The minimum absolute atomic E-state index is 0.00915. The van der Waals surface area contributed by atoms with E-state index in [1.54, 1.807) is 0 Å². The fraction of sp³-hybridized carbons (Fsp3) is 0.571. The molecule has 0 aromatic heterocycles. The van der Waals surface area contributed by atoms with Crippen molar-refractivity contribution in [2.75, 3.05) is 18.5 Å². The normalized spacial score (nSPS) is 11.7. The summed E-state index contributed by atoms with van der Waals surface area (Å²) in [6.45, 7) is 11.5. The van der Waals surface area contributed by atoms with Crippen LogP contribution in [0.15, 0.2) is 12.1 Å². The zero-order chi connectivity index (χ0) is 12.5. The molecule has 0 unspecified atom stereocenters. The molecule has 16 heavy (non-hydrogen) atoms. The van der Waals surface area contributed by atoms with Crippen molar-refractivity contribution in [3.63, 3.8) is 0 Å². The molecule has 0 saturated heterocycles. The zero-order valence-electron chi connectivity index (χ0n) is 11.4. The lowest BCUT2D eigenvalue weighted by atomic mass is 9.98. The SMILES string of the molecule is Cc1cc(C)c(N(C)C(C)(C)CN)c(C)c1. The molecule has 0 fully saturated rings. The molecule has 0 radical (unpaired) electrons. The van der Waals surface area contributed by atoms with Gasteiger partial charge in [-0.2, -0.15) is 0 Å². The molecule has 0 saturated carbocycles. The van der Waals surface area contributed by atoms with Crippen molar-refractivity contribution in [3.8, 4) is 0 Å². The molecule has 2 heteroatoms. The first kappa shape index (κ1) is 13.0. The summed E-state index contributed by atoms with van der Waals surface area (Å²) in [6, 6.07) is 4.46. The van der Waals surface area contributed by atoms with Crippen molar-refractivity contribution in [2.45, 2.75) is 40.2 Å². The van der Waals surface area contributed by atoms with Crippen LogP contribution in [0, 0.1) is 20.8 Å². The van der Waals surface area contributed by atoms with Crippen molar-refractivity contribution in [2.24, 2.45) is 5.73 Å². The Labute approximate surface area is 99.5 Å². The molecular formula is C14H24N2. The lowest BCUT2D eigenvalue weighted by molar-refractivity contribution is 0.497. The number of hydrogen-bond donors (Lipinski definition) is 1. The van der Waals surface area contributed by atoms with Gasteiger partial charge in [0.15, 0.2) is 0 Å². The standard InChI is InChI=1S/C14H24N2/c1-10-7-11(2)13(12(3)8-10)16(6)14(4,5)9-15/h7-8H,9,15H2,1-6H3. The third-order valence-electron chi connectivity index (χ3n) is 3.38. The average Bonchev–Trinajstić information content (AvgIpc) is 2.15. The van der Waals surface area contributed by atoms with Crippen LogP contribution < -0.4 is 10.6 Å². The Bertz CT molecular complexity index is 357. The Balaban J connectivity index is 3.24. The molecule has 1 aromatic rings. The molecule has 0 aliphatic rings. The number of rotatable bonds is 3. The summed E-state index contributed by atoms with van der Waals surface area (Å²) in [7, 11) is 2.12. The van der Waals surface area contributed by atoms with Crippen LogP contribution in [0.5, 0.6) is 0 Å². The van der Waals surface area contributed by atoms with Gasteiger partial charge in [-0.05, 0) is 45.7 Å². The number of anilines is 1. The number of likely N-dealkylation sites (N-methyl/N-ethyl adjacent to an activating group) is 1. The van der Waals surface area contributed by atoms with Crippen LogP contribution in [0.25, 0.3) is 0 Å². The summed E-state index contributed by atoms with van der Waals surface area (Å²) in [5.74, 6) is 0. The topological polar surface area (TPSA) is 29.3 Å². The number of hydrogen-bond acceptors (Lipinski definition) is 2. The van der Waals surface area contributed by atoms with E-state index in [1.807, 2.05) is 0 Å². The molecule has 2 N–H and O–H groups in total. The average molecular weight is 220 g/mol. The van der Waals surface area contributed by atoms with Crippen molar-refractivity contribution in [3.05, 3.63) is 28.8 Å². The summed E-state index contributed by atoms with van der Waals surface area (Å²) < 4.78 is 0. The molecule has 0 spiro atoms. The van der Waals surface area contributed by atoms with E-state index in [0.29, 0.717) is 6.54 Å². The van der Waals surface area contributed by atoms with E-state index >= 15 is 0 Å². The van der Waals surface area contributed by atoms with Gasteiger partial charge in [0, 0.05) is 24.8 Å². The lowest BCUT2D eigenvalue weighted by Gasteiger charge is -2.38. The Morgan fingerprint density at radius 3 is 1.94 bits per heavy atom. The molecule has 0 aliphatic carbocycles. The lowest BCUT2D eigenvalue weighted by Crippen LogP contribution is -2.47. The number of nitrogens with zero attached hydrogens (tertiary/aromatic N) is 1. The second-order valence-corrected chi connectivity index (χ2v) is 5.32. The van der Waals surface area contributed by atoms with Crippen LogP contribution in [-0.2, 0) is 0 Å².